The Labute approximate surface area is 131 Å². The Morgan fingerprint density at radius 3 is 2.29 bits per heavy atom. The summed E-state index contributed by atoms with van der Waals surface area (Å²) >= 11 is 5.86. The molecule has 0 amide bonds. The molecule has 0 aliphatic carbocycles. The second-order valence-corrected chi connectivity index (χ2v) is 6.39. The highest BCUT2D eigenvalue weighted by atomic mass is 35.5. The van der Waals surface area contributed by atoms with Gasteiger partial charge in [-0.3, -0.25) is 14.6 Å². The van der Waals surface area contributed by atoms with Crippen LogP contribution in [0.3, 0.4) is 0 Å². The van der Waals surface area contributed by atoms with Crippen molar-refractivity contribution in [2.24, 2.45) is 0 Å². The Morgan fingerprint density at radius 1 is 1.24 bits per heavy atom. The first kappa shape index (κ1) is 16.4. The monoisotopic (exact) mass is 310 g/mol. The van der Waals surface area contributed by atoms with Crippen LogP contribution in [0.2, 0.25) is 5.02 Å². The molecule has 1 atom stereocenters. The third-order valence-electron chi connectivity index (χ3n) is 4.14. The first-order valence-corrected chi connectivity index (χ1v) is 7.73. The smallest absolute Gasteiger partial charge is 0.157 e. The van der Waals surface area contributed by atoms with Gasteiger partial charge in [0, 0.05) is 43.8 Å². The molecule has 1 saturated heterocycles. The van der Waals surface area contributed by atoms with E-state index in [0.29, 0.717) is 29.5 Å². The average Bonchev–Trinajstić information content (AvgIpc) is 2.48. The third-order valence-corrected chi connectivity index (χ3v) is 4.39. The van der Waals surface area contributed by atoms with Crippen molar-refractivity contribution in [2.45, 2.75) is 25.5 Å². The van der Waals surface area contributed by atoms with Crippen LogP contribution in [0.15, 0.2) is 24.3 Å². The molecule has 116 valence electrons. The minimum absolute atomic E-state index is 0.323. The van der Waals surface area contributed by atoms with Crippen LogP contribution in [0.1, 0.15) is 19.4 Å². The van der Waals surface area contributed by atoms with E-state index in [4.69, 9.17) is 11.6 Å². The van der Waals surface area contributed by atoms with Gasteiger partial charge in [-0.25, -0.2) is 0 Å². The number of carbonyl (C=O) groups is 1. The van der Waals surface area contributed by atoms with Gasteiger partial charge in [0.15, 0.2) is 11.9 Å². The molecule has 1 aliphatic rings. The van der Waals surface area contributed by atoms with Crippen molar-refractivity contribution in [3.8, 4) is 0 Å². The van der Waals surface area contributed by atoms with Crippen molar-refractivity contribution >= 4 is 17.9 Å². The Balaban J connectivity index is 2.02. The number of rotatable bonds is 5. The van der Waals surface area contributed by atoms with Crippen molar-refractivity contribution in [3.05, 3.63) is 34.9 Å². The number of halogens is 1. The molecule has 1 heterocycles. The maximum Gasteiger partial charge on any atom is 0.157 e. The average molecular weight is 311 g/mol. The Kier molecular flexibility index (Phi) is 5.38. The highest BCUT2D eigenvalue weighted by molar-refractivity contribution is 6.30. The predicted molar refractivity (Wildman–Crippen MR) is 84.6 cm³/mol. The van der Waals surface area contributed by atoms with Crippen LogP contribution in [0.25, 0.3) is 0 Å². The van der Waals surface area contributed by atoms with Crippen LogP contribution in [-0.2, 0) is 10.4 Å². The first-order valence-electron chi connectivity index (χ1n) is 7.36. The van der Waals surface area contributed by atoms with Gasteiger partial charge in [-0.2, -0.15) is 0 Å². The summed E-state index contributed by atoms with van der Waals surface area (Å²) in [6, 6.07) is 7.35. The molecule has 1 unspecified atom stereocenters. The fourth-order valence-corrected chi connectivity index (χ4v) is 2.84. The summed E-state index contributed by atoms with van der Waals surface area (Å²) in [6.45, 7) is 8.35. The summed E-state index contributed by atoms with van der Waals surface area (Å²) in [6.07, 6.45) is 0.630. The minimum atomic E-state index is -1.47. The molecule has 0 aromatic heterocycles. The molecule has 21 heavy (non-hydrogen) atoms. The number of aldehydes is 1. The molecular formula is C16H23ClN2O2. The number of piperazine rings is 1. The normalized spacial score (nSPS) is 20.4. The van der Waals surface area contributed by atoms with E-state index < -0.39 is 5.60 Å². The van der Waals surface area contributed by atoms with E-state index in [2.05, 4.69) is 23.6 Å². The molecule has 0 saturated carbocycles. The second kappa shape index (κ2) is 6.88. The number of β-amino-alcohol motifs (C(OH)–C–C–N with tert-alkyl or cyclic N) is 1. The van der Waals surface area contributed by atoms with Gasteiger partial charge in [0.2, 0.25) is 0 Å². The van der Waals surface area contributed by atoms with Gasteiger partial charge in [-0.05, 0) is 31.5 Å². The first-order chi connectivity index (χ1) is 9.94. The van der Waals surface area contributed by atoms with Gasteiger partial charge in [-0.15, -0.1) is 0 Å². The Bertz CT molecular complexity index is 470. The largest absolute Gasteiger partial charge is 0.376 e. The zero-order valence-electron chi connectivity index (χ0n) is 12.6. The molecule has 2 rings (SSSR count). The van der Waals surface area contributed by atoms with Crippen LogP contribution < -0.4 is 0 Å². The number of aliphatic hydroxyl groups is 1. The van der Waals surface area contributed by atoms with E-state index in [1.165, 1.54) is 0 Å². The van der Waals surface area contributed by atoms with E-state index in [1.54, 1.807) is 24.3 Å². The number of carbonyl (C=O) groups excluding carboxylic acids is 1. The highest BCUT2D eigenvalue weighted by Gasteiger charge is 2.32. The summed E-state index contributed by atoms with van der Waals surface area (Å²) in [5, 5.41) is 11.2. The second-order valence-electron chi connectivity index (χ2n) is 5.95. The van der Waals surface area contributed by atoms with Crippen molar-refractivity contribution in [1.29, 1.82) is 0 Å². The maximum absolute atomic E-state index is 11.4. The van der Waals surface area contributed by atoms with E-state index in [9.17, 15) is 9.90 Å². The Morgan fingerprint density at radius 2 is 1.81 bits per heavy atom. The predicted octanol–water partition coefficient (Wildman–Crippen LogP) is 1.75. The lowest BCUT2D eigenvalue weighted by Crippen LogP contribution is -2.52. The Hall–Kier alpha value is -0.940. The summed E-state index contributed by atoms with van der Waals surface area (Å²) < 4.78 is 0. The van der Waals surface area contributed by atoms with Gasteiger partial charge in [0.05, 0.1) is 0 Å². The SMILES string of the molecule is CC(C)N1CCN(CC(O)(C=O)c2ccc(Cl)cc2)CC1. The lowest BCUT2D eigenvalue weighted by Gasteiger charge is -2.39. The molecule has 1 aromatic rings. The molecular weight excluding hydrogens is 288 g/mol. The van der Waals surface area contributed by atoms with Gasteiger partial charge in [0.25, 0.3) is 0 Å². The summed E-state index contributed by atoms with van der Waals surface area (Å²) in [7, 11) is 0. The van der Waals surface area contributed by atoms with Crippen LogP contribution in [0, 0.1) is 0 Å². The molecule has 5 heteroatoms. The molecule has 1 aromatic carbocycles. The van der Waals surface area contributed by atoms with Crippen molar-refractivity contribution in [3.63, 3.8) is 0 Å². The number of benzene rings is 1. The van der Waals surface area contributed by atoms with Crippen molar-refractivity contribution in [2.75, 3.05) is 32.7 Å². The molecule has 1 fully saturated rings. The van der Waals surface area contributed by atoms with Gasteiger partial charge in [-0.1, -0.05) is 23.7 Å². The van der Waals surface area contributed by atoms with E-state index in [0.717, 1.165) is 26.2 Å². The van der Waals surface area contributed by atoms with Crippen LogP contribution in [0.4, 0.5) is 0 Å². The standard InChI is InChI=1S/C16H23ClN2O2/c1-13(2)19-9-7-18(8-10-19)11-16(21,12-20)14-3-5-15(17)6-4-14/h3-6,12-13,21H,7-11H2,1-2H3. The molecule has 1 aliphatic heterocycles. The van der Waals surface area contributed by atoms with Gasteiger partial charge < -0.3 is 5.11 Å². The molecule has 0 bridgehead atoms. The third kappa shape index (κ3) is 4.04. The molecule has 0 radical (unpaired) electrons. The van der Waals surface area contributed by atoms with Crippen LogP contribution in [0.5, 0.6) is 0 Å². The molecule has 0 spiro atoms. The summed E-state index contributed by atoms with van der Waals surface area (Å²) in [5.74, 6) is 0. The zero-order valence-corrected chi connectivity index (χ0v) is 13.4. The summed E-state index contributed by atoms with van der Waals surface area (Å²) in [4.78, 5) is 16.0. The van der Waals surface area contributed by atoms with Gasteiger partial charge in [0.1, 0.15) is 0 Å². The van der Waals surface area contributed by atoms with Crippen molar-refractivity contribution < 1.29 is 9.90 Å². The van der Waals surface area contributed by atoms with E-state index in [1.807, 2.05) is 0 Å². The number of nitrogens with zero attached hydrogens (tertiary/aromatic N) is 2. The number of hydrogen-bond acceptors (Lipinski definition) is 4. The highest BCUT2D eigenvalue weighted by Crippen LogP contribution is 2.23. The zero-order chi connectivity index (χ0) is 15.5. The lowest BCUT2D eigenvalue weighted by atomic mass is 9.94. The van der Waals surface area contributed by atoms with Crippen LogP contribution in [-0.4, -0.2) is 60.0 Å². The fourth-order valence-electron chi connectivity index (χ4n) is 2.71. The topological polar surface area (TPSA) is 43.8 Å². The molecule has 4 nitrogen and oxygen atoms in total. The minimum Gasteiger partial charge on any atom is -0.376 e. The van der Waals surface area contributed by atoms with Gasteiger partial charge >= 0.3 is 0 Å². The summed E-state index contributed by atoms with van der Waals surface area (Å²) in [5.41, 5.74) is -0.877. The maximum atomic E-state index is 11.4. The molecule has 1 N–H and O–H groups in total. The fraction of sp³-hybridized carbons (Fsp3) is 0.562. The van der Waals surface area contributed by atoms with Crippen LogP contribution >= 0.6 is 11.6 Å². The van der Waals surface area contributed by atoms with E-state index >= 15 is 0 Å². The number of hydrogen-bond donors (Lipinski definition) is 1. The van der Waals surface area contributed by atoms with E-state index in [-0.39, 0.29) is 0 Å². The van der Waals surface area contributed by atoms with Crippen molar-refractivity contribution in [1.82, 2.24) is 9.80 Å². The quantitative estimate of drug-likeness (QED) is 0.842. The lowest BCUT2D eigenvalue weighted by molar-refractivity contribution is -0.127.